The van der Waals surface area contributed by atoms with Crippen LogP contribution in [0.4, 0.5) is 0 Å². The van der Waals surface area contributed by atoms with E-state index in [9.17, 15) is 19.5 Å². The highest BCUT2D eigenvalue weighted by Crippen LogP contribution is 2.58. The summed E-state index contributed by atoms with van der Waals surface area (Å²) < 4.78 is 12.6. The number of nitrogens with zero attached hydrogens (tertiary/aromatic N) is 2. The average molecular weight is 545 g/mol. The van der Waals surface area contributed by atoms with Crippen molar-refractivity contribution in [3.63, 3.8) is 0 Å². The summed E-state index contributed by atoms with van der Waals surface area (Å²) in [5.74, 6) is -2.41. The molecule has 1 N–H and O–H groups in total. The van der Waals surface area contributed by atoms with Crippen LogP contribution in [0.1, 0.15) is 86.5 Å². The van der Waals surface area contributed by atoms with Crippen LogP contribution in [0.25, 0.3) is 0 Å². The zero-order chi connectivity index (χ0) is 28.6. The number of cyclic esters (lactones) is 1. The number of esters is 1. The molecule has 0 aromatic carbocycles. The van der Waals surface area contributed by atoms with Crippen molar-refractivity contribution < 1.29 is 29.0 Å². The molecule has 8 nitrogen and oxygen atoms in total. The molecule has 4 rings (SSSR count). The van der Waals surface area contributed by atoms with E-state index in [0.29, 0.717) is 38.8 Å². The molecule has 1 unspecified atom stereocenters. The van der Waals surface area contributed by atoms with Crippen molar-refractivity contribution in [1.82, 2.24) is 9.80 Å². The van der Waals surface area contributed by atoms with Gasteiger partial charge in [0.1, 0.15) is 23.2 Å². The molecule has 0 radical (unpaired) electrons. The third-order valence-electron chi connectivity index (χ3n) is 8.90. The topological polar surface area (TPSA) is 96.4 Å². The SMILES string of the molecule is CC[C@]12C=CCCOC(=O)[C@H]1[C@H]1C(=O)N(CCCCCCO)C3C(=O)N(C(C)(C)CC(C)(C)C)CC=C[C@@]31O2. The van der Waals surface area contributed by atoms with Crippen molar-refractivity contribution in [2.45, 2.75) is 109 Å². The van der Waals surface area contributed by atoms with E-state index in [1.807, 2.05) is 36.1 Å². The van der Waals surface area contributed by atoms with Gasteiger partial charge in [-0.15, -0.1) is 0 Å². The lowest BCUT2D eigenvalue weighted by molar-refractivity contribution is -0.163. The number of amides is 2. The fourth-order valence-corrected chi connectivity index (χ4v) is 7.65. The highest BCUT2D eigenvalue weighted by molar-refractivity contribution is 5.99. The monoisotopic (exact) mass is 544 g/mol. The molecule has 2 amide bonds. The van der Waals surface area contributed by atoms with E-state index in [2.05, 4.69) is 34.6 Å². The molecule has 4 heterocycles. The van der Waals surface area contributed by atoms with Crippen molar-refractivity contribution in [2.75, 3.05) is 26.3 Å². The van der Waals surface area contributed by atoms with Crippen molar-refractivity contribution >= 4 is 17.8 Å². The predicted molar refractivity (Wildman–Crippen MR) is 149 cm³/mol. The number of rotatable bonds is 9. The highest BCUT2D eigenvalue weighted by atomic mass is 16.6. The van der Waals surface area contributed by atoms with Gasteiger partial charge in [-0.2, -0.15) is 0 Å². The average Bonchev–Trinajstić information content (AvgIpc) is 3.17. The van der Waals surface area contributed by atoms with Crippen LogP contribution in [0.15, 0.2) is 24.3 Å². The first-order chi connectivity index (χ1) is 18.3. The van der Waals surface area contributed by atoms with Gasteiger partial charge in [0.05, 0.1) is 12.5 Å². The molecule has 4 aliphatic rings. The lowest BCUT2D eigenvalue weighted by Crippen LogP contribution is -2.60. The summed E-state index contributed by atoms with van der Waals surface area (Å²) in [6.45, 7) is 13.9. The van der Waals surface area contributed by atoms with Crippen molar-refractivity contribution in [2.24, 2.45) is 17.3 Å². The standard InChI is InChI=1S/C31H48N2O6/c1-7-30-15-10-13-20-38-27(37)23(30)22-25(35)32(17-11-8-9-12-19-34)24-26(36)33(18-14-16-31(22,24)39-30)29(5,6)21-28(2,3)4/h10,14-16,22-24,34H,7-9,11-13,17-21H2,1-6H3/t22-,23+,24?,30-,31-/m0/s1. The largest absolute Gasteiger partial charge is 0.465 e. The molecule has 2 fully saturated rings. The van der Waals surface area contributed by atoms with Crippen LogP contribution in [0.5, 0.6) is 0 Å². The first kappa shape index (κ1) is 29.8. The van der Waals surface area contributed by atoms with Crippen molar-refractivity contribution in [3.05, 3.63) is 24.3 Å². The van der Waals surface area contributed by atoms with Gasteiger partial charge in [-0.1, -0.05) is 64.8 Å². The maximum absolute atomic E-state index is 14.6. The number of aliphatic hydroxyl groups is 1. The minimum atomic E-state index is -1.25. The van der Waals surface area contributed by atoms with Gasteiger partial charge in [0.25, 0.3) is 0 Å². The van der Waals surface area contributed by atoms with E-state index in [1.54, 1.807) is 4.90 Å². The van der Waals surface area contributed by atoms with Gasteiger partial charge in [-0.3, -0.25) is 14.4 Å². The van der Waals surface area contributed by atoms with Crippen LogP contribution >= 0.6 is 0 Å². The van der Waals surface area contributed by atoms with Gasteiger partial charge >= 0.3 is 5.97 Å². The van der Waals surface area contributed by atoms with Gasteiger partial charge in [0, 0.05) is 25.2 Å². The summed E-state index contributed by atoms with van der Waals surface area (Å²) in [5, 5.41) is 9.17. The lowest BCUT2D eigenvalue weighted by Gasteiger charge is -2.45. The van der Waals surface area contributed by atoms with Crippen LogP contribution in [0.3, 0.4) is 0 Å². The summed E-state index contributed by atoms with van der Waals surface area (Å²) in [7, 11) is 0. The summed E-state index contributed by atoms with van der Waals surface area (Å²) in [6.07, 6.45) is 12.8. The molecule has 0 aromatic heterocycles. The molecule has 0 aliphatic carbocycles. The minimum Gasteiger partial charge on any atom is -0.465 e. The fraction of sp³-hybridized carbons (Fsp3) is 0.774. The Labute approximate surface area is 233 Å². The van der Waals surface area contributed by atoms with E-state index in [4.69, 9.17) is 9.47 Å². The van der Waals surface area contributed by atoms with Gasteiger partial charge in [0.15, 0.2) is 0 Å². The van der Waals surface area contributed by atoms with E-state index in [1.165, 1.54) is 0 Å². The molecule has 4 aliphatic heterocycles. The number of hydrogen-bond acceptors (Lipinski definition) is 6. The third-order valence-corrected chi connectivity index (χ3v) is 8.90. The van der Waals surface area contributed by atoms with Crippen LogP contribution in [-0.4, -0.2) is 81.8 Å². The first-order valence-corrected chi connectivity index (χ1v) is 14.8. The molecular formula is C31H48N2O6. The Balaban J connectivity index is 1.79. The van der Waals surface area contributed by atoms with E-state index < -0.39 is 40.6 Å². The van der Waals surface area contributed by atoms with Crippen LogP contribution < -0.4 is 0 Å². The summed E-state index contributed by atoms with van der Waals surface area (Å²) in [4.78, 5) is 46.1. The second-order valence-corrected chi connectivity index (χ2v) is 13.6. The van der Waals surface area contributed by atoms with Crippen LogP contribution in [-0.2, 0) is 23.9 Å². The van der Waals surface area contributed by atoms with Gasteiger partial charge < -0.3 is 24.4 Å². The van der Waals surface area contributed by atoms with E-state index >= 15 is 0 Å². The zero-order valence-electron chi connectivity index (χ0n) is 24.7. The Bertz CT molecular complexity index is 1010. The molecule has 218 valence electrons. The minimum absolute atomic E-state index is 0.00592. The Kier molecular flexibility index (Phi) is 8.40. The summed E-state index contributed by atoms with van der Waals surface area (Å²) in [5.41, 5.74) is -2.72. The predicted octanol–water partition coefficient (Wildman–Crippen LogP) is 4.02. The quantitative estimate of drug-likeness (QED) is 0.268. The van der Waals surface area contributed by atoms with Gasteiger partial charge in [-0.05, 0) is 51.4 Å². The zero-order valence-corrected chi connectivity index (χ0v) is 24.7. The highest BCUT2D eigenvalue weighted by Gasteiger charge is 2.75. The molecule has 8 heteroatoms. The Morgan fingerprint density at radius 2 is 1.69 bits per heavy atom. The summed E-state index contributed by atoms with van der Waals surface area (Å²) >= 11 is 0. The van der Waals surface area contributed by atoms with E-state index in [0.717, 1.165) is 19.3 Å². The lowest BCUT2D eigenvalue weighted by atomic mass is 9.73. The number of fused-ring (bicyclic) bond motifs is 2. The number of unbranched alkanes of at least 4 members (excludes halogenated alkanes) is 3. The molecular weight excluding hydrogens is 496 g/mol. The third kappa shape index (κ3) is 5.31. The number of carbonyl (C=O) groups excluding carboxylic acids is 3. The molecule has 0 bridgehead atoms. The van der Waals surface area contributed by atoms with Crippen molar-refractivity contribution in [3.8, 4) is 0 Å². The van der Waals surface area contributed by atoms with E-state index in [-0.39, 0.29) is 30.4 Å². The first-order valence-electron chi connectivity index (χ1n) is 14.8. The molecule has 1 spiro atoms. The molecule has 2 saturated heterocycles. The number of ether oxygens (including phenoxy) is 2. The molecule has 0 aromatic rings. The van der Waals surface area contributed by atoms with Gasteiger partial charge in [-0.25, -0.2) is 0 Å². The maximum atomic E-state index is 14.6. The van der Waals surface area contributed by atoms with Crippen LogP contribution in [0.2, 0.25) is 0 Å². The van der Waals surface area contributed by atoms with Gasteiger partial charge in [0.2, 0.25) is 11.8 Å². The second kappa shape index (κ2) is 11.0. The van der Waals surface area contributed by atoms with Crippen molar-refractivity contribution in [1.29, 1.82) is 0 Å². The number of hydrogen-bond donors (Lipinski definition) is 1. The smallest absolute Gasteiger partial charge is 0.313 e. The molecule has 5 atom stereocenters. The van der Waals surface area contributed by atoms with Crippen LogP contribution in [0, 0.1) is 17.3 Å². The number of carbonyl (C=O) groups is 3. The summed E-state index contributed by atoms with van der Waals surface area (Å²) in [6, 6.07) is -0.858. The maximum Gasteiger partial charge on any atom is 0.313 e. The number of likely N-dealkylation sites (tertiary alicyclic amines) is 1. The number of aliphatic hydroxyl groups excluding tert-OH is 1. The Hall–Kier alpha value is -2.19. The Morgan fingerprint density at radius 1 is 0.974 bits per heavy atom. The normalized spacial score (nSPS) is 32.9. The molecule has 0 saturated carbocycles. The fourth-order valence-electron chi connectivity index (χ4n) is 7.65. The molecule has 39 heavy (non-hydrogen) atoms. The Morgan fingerprint density at radius 3 is 2.36 bits per heavy atom. The second-order valence-electron chi connectivity index (χ2n) is 13.6.